The monoisotopic (exact) mass is 291 g/mol. The molecule has 5 nitrogen and oxygen atoms in total. The molecule has 1 aromatic heterocycles. The fourth-order valence-electron chi connectivity index (χ4n) is 3.24. The van der Waals surface area contributed by atoms with Crippen LogP contribution in [0.1, 0.15) is 55.8 Å². The molecule has 1 fully saturated rings. The minimum Gasteiger partial charge on any atom is -0.308 e. The maximum atomic E-state index is 11.1. The number of pyridine rings is 1. The zero-order chi connectivity index (χ0) is 15.4. The summed E-state index contributed by atoms with van der Waals surface area (Å²) >= 11 is 0. The third-order valence-electron chi connectivity index (χ3n) is 4.74. The molecular weight excluding hydrogens is 266 g/mol. The molecule has 1 N–H and O–H groups in total. The molecule has 1 saturated carbocycles. The van der Waals surface area contributed by atoms with Crippen LogP contribution in [-0.2, 0) is 6.54 Å². The topological polar surface area (TPSA) is 68.1 Å². The van der Waals surface area contributed by atoms with Gasteiger partial charge in [0.2, 0.25) is 0 Å². The van der Waals surface area contributed by atoms with E-state index in [1.807, 2.05) is 0 Å². The Kier molecular flexibility index (Phi) is 5.28. The first-order valence-corrected chi connectivity index (χ1v) is 7.85. The molecule has 5 heteroatoms. The number of hydrogen-bond donors (Lipinski definition) is 1. The minimum atomic E-state index is -0.303. The van der Waals surface area contributed by atoms with Crippen molar-refractivity contribution in [3.63, 3.8) is 0 Å². The largest absolute Gasteiger partial charge is 0.308 e. The van der Waals surface area contributed by atoms with Crippen molar-refractivity contribution < 1.29 is 4.92 Å². The third kappa shape index (κ3) is 3.79. The molecule has 0 atom stereocenters. The average Bonchev–Trinajstić information content (AvgIpc) is 2.46. The fraction of sp³-hybridized carbons (Fsp3) is 0.688. The van der Waals surface area contributed by atoms with Gasteiger partial charge in [-0.25, -0.2) is 0 Å². The van der Waals surface area contributed by atoms with Gasteiger partial charge in [0, 0.05) is 29.9 Å². The van der Waals surface area contributed by atoms with Crippen molar-refractivity contribution in [1.29, 1.82) is 0 Å². The summed E-state index contributed by atoms with van der Waals surface area (Å²) in [5.41, 5.74) is 2.32. The lowest BCUT2D eigenvalue weighted by Gasteiger charge is -2.28. The van der Waals surface area contributed by atoms with Crippen molar-refractivity contribution in [3.8, 4) is 0 Å². The molecule has 1 aliphatic carbocycles. The molecule has 0 spiro atoms. The van der Waals surface area contributed by atoms with Crippen molar-refractivity contribution >= 4 is 5.69 Å². The van der Waals surface area contributed by atoms with E-state index in [0.29, 0.717) is 23.7 Å². The van der Waals surface area contributed by atoms with E-state index in [1.54, 1.807) is 20.0 Å². The van der Waals surface area contributed by atoms with Gasteiger partial charge in [-0.05, 0) is 45.4 Å². The van der Waals surface area contributed by atoms with Crippen LogP contribution in [0.2, 0.25) is 0 Å². The normalized spacial score (nSPS) is 22.2. The zero-order valence-electron chi connectivity index (χ0n) is 13.2. The van der Waals surface area contributed by atoms with Crippen LogP contribution < -0.4 is 5.32 Å². The summed E-state index contributed by atoms with van der Waals surface area (Å²) in [5.74, 6) is 0.878. The number of nitro groups is 1. The van der Waals surface area contributed by atoms with Gasteiger partial charge in [-0.1, -0.05) is 13.3 Å². The van der Waals surface area contributed by atoms with Crippen LogP contribution in [0.4, 0.5) is 5.69 Å². The highest BCUT2D eigenvalue weighted by atomic mass is 16.6. The summed E-state index contributed by atoms with van der Waals surface area (Å²) in [6.45, 7) is 6.41. The van der Waals surface area contributed by atoms with E-state index in [2.05, 4.69) is 17.2 Å². The number of aromatic nitrogens is 1. The molecule has 0 aliphatic heterocycles. The molecule has 1 aromatic rings. The molecule has 0 unspecified atom stereocenters. The van der Waals surface area contributed by atoms with Gasteiger partial charge in [-0.2, -0.15) is 0 Å². The molecule has 1 aliphatic rings. The number of rotatable bonds is 5. The molecule has 2 rings (SSSR count). The van der Waals surface area contributed by atoms with Crippen LogP contribution >= 0.6 is 0 Å². The highest BCUT2D eigenvalue weighted by molar-refractivity contribution is 5.47. The van der Waals surface area contributed by atoms with Crippen molar-refractivity contribution in [3.05, 3.63) is 33.1 Å². The summed E-state index contributed by atoms with van der Waals surface area (Å²) in [7, 11) is 0. The second-order valence-electron chi connectivity index (χ2n) is 6.13. The number of nitrogens with one attached hydrogen (secondary N) is 1. The Morgan fingerprint density at radius 3 is 2.57 bits per heavy atom. The van der Waals surface area contributed by atoms with Crippen LogP contribution in [0.25, 0.3) is 0 Å². The summed E-state index contributed by atoms with van der Waals surface area (Å²) in [6.07, 6.45) is 7.86. The minimum absolute atomic E-state index is 0.205. The molecule has 1 heterocycles. The van der Waals surface area contributed by atoms with Crippen molar-refractivity contribution in [2.24, 2.45) is 5.92 Å². The molecule has 0 aromatic carbocycles. The summed E-state index contributed by atoms with van der Waals surface area (Å²) < 4.78 is 0. The van der Waals surface area contributed by atoms with Crippen molar-refractivity contribution in [2.45, 2.75) is 65.5 Å². The average molecular weight is 291 g/mol. The van der Waals surface area contributed by atoms with E-state index in [-0.39, 0.29) is 10.6 Å². The summed E-state index contributed by atoms with van der Waals surface area (Å²) in [4.78, 5) is 15.2. The van der Waals surface area contributed by atoms with Gasteiger partial charge in [0.15, 0.2) is 0 Å². The Labute approximate surface area is 126 Å². The molecule has 116 valence electrons. The molecular formula is C16H25N3O2. The van der Waals surface area contributed by atoms with Crippen molar-refractivity contribution in [1.82, 2.24) is 10.3 Å². The maximum Gasteiger partial charge on any atom is 0.278 e. The Bertz CT molecular complexity index is 508. The van der Waals surface area contributed by atoms with Crippen molar-refractivity contribution in [2.75, 3.05) is 0 Å². The van der Waals surface area contributed by atoms with E-state index in [4.69, 9.17) is 0 Å². The van der Waals surface area contributed by atoms with Gasteiger partial charge < -0.3 is 5.32 Å². The van der Waals surface area contributed by atoms with Gasteiger partial charge in [0.1, 0.15) is 0 Å². The Hall–Kier alpha value is -1.49. The number of aryl methyl sites for hydroxylation is 1. The van der Waals surface area contributed by atoms with E-state index in [9.17, 15) is 10.1 Å². The summed E-state index contributed by atoms with van der Waals surface area (Å²) in [5, 5.41) is 14.7. The van der Waals surface area contributed by atoms with Crippen LogP contribution in [0.15, 0.2) is 6.20 Å². The first-order chi connectivity index (χ1) is 10.0. The fourth-order valence-corrected chi connectivity index (χ4v) is 3.24. The van der Waals surface area contributed by atoms with Gasteiger partial charge in [-0.3, -0.25) is 15.1 Å². The van der Waals surface area contributed by atoms with Gasteiger partial charge in [0.25, 0.3) is 5.69 Å². The highest BCUT2D eigenvalue weighted by Gasteiger charge is 2.22. The lowest BCUT2D eigenvalue weighted by molar-refractivity contribution is -0.386. The van der Waals surface area contributed by atoms with E-state index in [0.717, 1.165) is 11.6 Å². The first kappa shape index (κ1) is 15.9. The predicted octanol–water partition coefficient (Wildman–Crippen LogP) is 3.67. The van der Waals surface area contributed by atoms with Crippen LogP contribution in [0.5, 0.6) is 0 Å². The van der Waals surface area contributed by atoms with E-state index < -0.39 is 0 Å². The zero-order valence-corrected chi connectivity index (χ0v) is 13.2. The molecule has 0 radical (unpaired) electrons. The molecule has 0 bridgehead atoms. The SMILES string of the molecule is CCC1CCC(NCc2ncc(C)c([N+](=O)[O-])c2C)CC1. The molecule has 0 amide bonds. The Morgan fingerprint density at radius 1 is 1.33 bits per heavy atom. The number of nitrogens with zero attached hydrogens (tertiary/aromatic N) is 2. The predicted molar refractivity (Wildman–Crippen MR) is 83.2 cm³/mol. The number of hydrogen-bond acceptors (Lipinski definition) is 4. The third-order valence-corrected chi connectivity index (χ3v) is 4.74. The quantitative estimate of drug-likeness (QED) is 0.664. The maximum absolute atomic E-state index is 11.1. The Balaban J connectivity index is 1.98. The lowest BCUT2D eigenvalue weighted by Crippen LogP contribution is -2.33. The van der Waals surface area contributed by atoms with E-state index in [1.165, 1.54) is 32.1 Å². The van der Waals surface area contributed by atoms with Crippen LogP contribution in [-0.4, -0.2) is 15.9 Å². The lowest BCUT2D eigenvalue weighted by atomic mass is 9.84. The summed E-state index contributed by atoms with van der Waals surface area (Å²) in [6, 6.07) is 0.523. The highest BCUT2D eigenvalue weighted by Crippen LogP contribution is 2.27. The van der Waals surface area contributed by atoms with Gasteiger partial charge in [0.05, 0.1) is 10.6 Å². The van der Waals surface area contributed by atoms with Gasteiger partial charge in [-0.15, -0.1) is 0 Å². The van der Waals surface area contributed by atoms with Crippen LogP contribution in [0, 0.1) is 29.9 Å². The Morgan fingerprint density at radius 2 is 2.00 bits per heavy atom. The molecule has 21 heavy (non-hydrogen) atoms. The van der Waals surface area contributed by atoms with E-state index >= 15 is 0 Å². The first-order valence-electron chi connectivity index (χ1n) is 7.85. The second-order valence-corrected chi connectivity index (χ2v) is 6.13. The van der Waals surface area contributed by atoms with Gasteiger partial charge >= 0.3 is 0 Å². The second kappa shape index (κ2) is 6.98. The molecule has 0 saturated heterocycles. The smallest absolute Gasteiger partial charge is 0.278 e. The standard InChI is InChI=1S/C16H25N3O2/c1-4-13-5-7-14(8-6-13)17-10-15-12(3)16(19(20)21)11(2)9-18-15/h9,13-14,17H,4-8,10H2,1-3H3. The van der Waals surface area contributed by atoms with Crippen LogP contribution in [0.3, 0.4) is 0 Å².